The lowest BCUT2D eigenvalue weighted by Gasteiger charge is -2.16. The highest BCUT2D eigenvalue weighted by molar-refractivity contribution is 6.31. The Morgan fingerprint density at radius 2 is 2.00 bits per heavy atom. The van der Waals surface area contributed by atoms with Crippen LogP contribution < -0.4 is 5.32 Å². The van der Waals surface area contributed by atoms with Gasteiger partial charge < -0.3 is 10.2 Å². The number of fused-ring (bicyclic) bond motifs is 1. The van der Waals surface area contributed by atoms with Gasteiger partial charge in [-0.1, -0.05) is 23.8 Å². The molecule has 0 unspecified atom stereocenters. The highest BCUT2D eigenvalue weighted by Gasteiger charge is 2.11. The van der Waals surface area contributed by atoms with E-state index in [1.807, 2.05) is 30.5 Å². The van der Waals surface area contributed by atoms with Crippen LogP contribution in [0, 0.1) is 0 Å². The fraction of sp³-hybridized carbons (Fsp3) is 0.278. The zero-order valence-electron chi connectivity index (χ0n) is 12.9. The molecule has 0 saturated carbocycles. The van der Waals surface area contributed by atoms with Gasteiger partial charge in [-0.2, -0.15) is 0 Å². The molecular weight excluding hydrogens is 294 g/mol. The molecule has 0 spiro atoms. The maximum atomic E-state index is 6.04. The summed E-state index contributed by atoms with van der Waals surface area (Å²) in [5.41, 5.74) is 4.81. The Kier molecular flexibility index (Phi) is 4.46. The number of likely N-dealkylation sites (N-methyl/N-ethyl adjacent to an activating group) is 1. The van der Waals surface area contributed by atoms with E-state index >= 15 is 0 Å². The molecule has 22 heavy (non-hydrogen) atoms. The van der Waals surface area contributed by atoms with Crippen LogP contribution in [0.5, 0.6) is 0 Å². The molecule has 4 heteroatoms. The number of allylic oxidation sites excluding steroid dienone is 2. The van der Waals surface area contributed by atoms with Gasteiger partial charge in [-0.3, -0.25) is 4.98 Å². The number of nitrogens with zero attached hydrogens (tertiary/aromatic N) is 2. The van der Waals surface area contributed by atoms with Crippen molar-refractivity contribution >= 4 is 28.2 Å². The summed E-state index contributed by atoms with van der Waals surface area (Å²) < 4.78 is 0. The first-order valence-electron chi connectivity index (χ1n) is 7.45. The standard InChI is InChI=1S/C18H20ClN3/c1-22(2)12-14-5-3-4-13(14)11-21-17-8-9-20-18-10-15(19)6-7-16(17)18/h4-10H,3,11-12H2,1-2H3,(H,20,21). The quantitative estimate of drug-likeness (QED) is 0.900. The smallest absolute Gasteiger partial charge is 0.0737 e. The van der Waals surface area contributed by atoms with E-state index in [2.05, 4.69) is 41.4 Å². The number of benzene rings is 1. The Morgan fingerprint density at radius 3 is 2.82 bits per heavy atom. The number of rotatable bonds is 5. The van der Waals surface area contributed by atoms with Gasteiger partial charge in [0.25, 0.3) is 0 Å². The minimum atomic E-state index is 0.715. The van der Waals surface area contributed by atoms with E-state index in [0.29, 0.717) is 5.02 Å². The number of anilines is 1. The summed E-state index contributed by atoms with van der Waals surface area (Å²) in [4.78, 5) is 6.58. The fourth-order valence-electron chi connectivity index (χ4n) is 2.76. The molecule has 1 heterocycles. The molecule has 0 atom stereocenters. The second kappa shape index (κ2) is 6.51. The topological polar surface area (TPSA) is 28.2 Å². The molecule has 2 aromatic rings. The highest BCUT2D eigenvalue weighted by atomic mass is 35.5. The molecule has 0 radical (unpaired) electrons. The first-order valence-corrected chi connectivity index (χ1v) is 7.82. The van der Waals surface area contributed by atoms with Crippen LogP contribution in [0.25, 0.3) is 10.9 Å². The van der Waals surface area contributed by atoms with Crippen LogP contribution in [-0.2, 0) is 0 Å². The largest absolute Gasteiger partial charge is 0.380 e. The minimum Gasteiger partial charge on any atom is -0.380 e. The van der Waals surface area contributed by atoms with E-state index in [0.717, 1.165) is 36.1 Å². The maximum Gasteiger partial charge on any atom is 0.0737 e. The van der Waals surface area contributed by atoms with Gasteiger partial charge in [0.05, 0.1) is 5.52 Å². The molecule has 1 N–H and O–H groups in total. The number of hydrogen-bond donors (Lipinski definition) is 1. The number of pyridine rings is 1. The van der Waals surface area contributed by atoms with Gasteiger partial charge >= 0.3 is 0 Å². The van der Waals surface area contributed by atoms with Gasteiger partial charge in [0.1, 0.15) is 0 Å². The van der Waals surface area contributed by atoms with Gasteiger partial charge in [-0.05, 0) is 55.9 Å². The van der Waals surface area contributed by atoms with Gasteiger partial charge in [-0.25, -0.2) is 0 Å². The molecule has 3 rings (SSSR count). The van der Waals surface area contributed by atoms with Gasteiger partial charge in [-0.15, -0.1) is 0 Å². The van der Waals surface area contributed by atoms with Crippen molar-refractivity contribution in [2.45, 2.75) is 6.42 Å². The Balaban J connectivity index is 1.76. The summed E-state index contributed by atoms with van der Waals surface area (Å²) in [7, 11) is 4.20. The molecule has 3 nitrogen and oxygen atoms in total. The van der Waals surface area contributed by atoms with Crippen molar-refractivity contribution < 1.29 is 0 Å². The minimum absolute atomic E-state index is 0.715. The average molecular weight is 314 g/mol. The lowest BCUT2D eigenvalue weighted by Crippen LogP contribution is -2.17. The van der Waals surface area contributed by atoms with Crippen LogP contribution in [0.3, 0.4) is 0 Å². The molecular formula is C18H20ClN3. The summed E-state index contributed by atoms with van der Waals surface area (Å²) in [5.74, 6) is 0. The summed E-state index contributed by atoms with van der Waals surface area (Å²) >= 11 is 6.04. The molecule has 0 amide bonds. The number of aromatic nitrogens is 1. The van der Waals surface area contributed by atoms with Crippen LogP contribution in [0.15, 0.2) is 53.8 Å². The molecule has 0 saturated heterocycles. The second-order valence-corrected chi connectivity index (χ2v) is 6.24. The third-order valence-electron chi connectivity index (χ3n) is 3.80. The zero-order chi connectivity index (χ0) is 15.5. The van der Waals surface area contributed by atoms with Crippen LogP contribution in [0.1, 0.15) is 6.42 Å². The highest BCUT2D eigenvalue weighted by Crippen LogP contribution is 2.26. The van der Waals surface area contributed by atoms with E-state index in [9.17, 15) is 0 Å². The summed E-state index contributed by atoms with van der Waals surface area (Å²) in [6, 6.07) is 7.84. The maximum absolute atomic E-state index is 6.04. The predicted molar refractivity (Wildman–Crippen MR) is 94.6 cm³/mol. The summed E-state index contributed by atoms with van der Waals surface area (Å²) in [5, 5.41) is 5.36. The van der Waals surface area contributed by atoms with E-state index in [4.69, 9.17) is 11.6 Å². The molecule has 1 aromatic carbocycles. The van der Waals surface area contributed by atoms with Gasteiger partial charge in [0.2, 0.25) is 0 Å². The lowest BCUT2D eigenvalue weighted by atomic mass is 10.1. The van der Waals surface area contributed by atoms with Crippen LogP contribution in [0.4, 0.5) is 5.69 Å². The average Bonchev–Trinajstić information content (AvgIpc) is 2.91. The lowest BCUT2D eigenvalue weighted by molar-refractivity contribution is 0.447. The monoisotopic (exact) mass is 313 g/mol. The first kappa shape index (κ1) is 15.1. The van der Waals surface area contributed by atoms with Crippen molar-refractivity contribution in [2.75, 3.05) is 32.5 Å². The van der Waals surface area contributed by atoms with E-state index in [1.54, 1.807) is 0 Å². The molecule has 1 aromatic heterocycles. The van der Waals surface area contributed by atoms with Crippen molar-refractivity contribution in [1.82, 2.24) is 9.88 Å². The van der Waals surface area contributed by atoms with Crippen molar-refractivity contribution in [3.8, 4) is 0 Å². The summed E-state index contributed by atoms with van der Waals surface area (Å²) in [6.45, 7) is 1.82. The molecule has 114 valence electrons. The van der Waals surface area contributed by atoms with Crippen molar-refractivity contribution in [2.24, 2.45) is 0 Å². The van der Waals surface area contributed by atoms with E-state index < -0.39 is 0 Å². The number of hydrogen-bond acceptors (Lipinski definition) is 3. The van der Waals surface area contributed by atoms with Crippen molar-refractivity contribution in [3.63, 3.8) is 0 Å². The Morgan fingerprint density at radius 1 is 1.18 bits per heavy atom. The van der Waals surface area contributed by atoms with Crippen LogP contribution in [-0.4, -0.2) is 37.1 Å². The predicted octanol–water partition coefficient (Wildman–Crippen LogP) is 4.12. The Bertz CT molecular complexity index is 747. The van der Waals surface area contributed by atoms with Crippen LogP contribution in [0.2, 0.25) is 5.02 Å². The summed E-state index contributed by atoms with van der Waals surface area (Å²) in [6.07, 6.45) is 7.46. The number of halogens is 1. The molecule has 1 aliphatic carbocycles. The van der Waals surface area contributed by atoms with E-state index in [-0.39, 0.29) is 0 Å². The molecule has 1 aliphatic rings. The molecule has 0 aliphatic heterocycles. The molecule has 0 fully saturated rings. The SMILES string of the molecule is CN(C)CC1=CCC=C1CNc1ccnc2cc(Cl)ccc12. The Labute approximate surface area is 136 Å². The molecule has 0 bridgehead atoms. The van der Waals surface area contributed by atoms with Crippen molar-refractivity contribution in [3.05, 3.63) is 58.8 Å². The third-order valence-corrected chi connectivity index (χ3v) is 4.04. The van der Waals surface area contributed by atoms with E-state index in [1.165, 1.54) is 11.1 Å². The normalized spacial score (nSPS) is 14.4. The van der Waals surface area contributed by atoms with Gasteiger partial charge in [0.15, 0.2) is 0 Å². The third kappa shape index (κ3) is 3.32. The van der Waals surface area contributed by atoms with Gasteiger partial charge in [0, 0.05) is 35.4 Å². The van der Waals surface area contributed by atoms with Crippen LogP contribution >= 0.6 is 11.6 Å². The number of nitrogens with one attached hydrogen (secondary N) is 1. The zero-order valence-corrected chi connectivity index (χ0v) is 13.7. The Hall–Kier alpha value is -1.84. The first-order chi connectivity index (χ1) is 10.6. The second-order valence-electron chi connectivity index (χ2n) is 5.81. The fourth-order valence-corrected chi connectivity index (χ4v) is 2.93. The van der Waals surface area contributed by atoms with Crippen molar-refractivity contribution in [1.29, 1.82) is 0 Å².